The number of rotatable bonds is 4. The predicted octanol–water partition coefficient (Wildman–Crippen LogP) is 0.553. The van der Waals surface area contributed by atoms with E-state index in [0.717, 1.165) is 38.5 Å². The summed E-state index contributed by atoms with van der Waals surface area (Å²) >= 11 is 0. The van der Waals surface area contributed by atoms with Gasteiger partial charge in [0, 0.05) is 32.7 Å². The van der Waals surface area contributed by atoms with E-state index in [9.17, 15) is 0 Å². The monoisotopic (exact) mass is 221 g/mol. The first kappa shape index (κ1) is 11.2. The van der Waals surface area contributed by atoms with Crippen molar-refractivity contribution in [2.45, 2.75) is 0 Å². The number of ether oxygens (including phenoxy) is 1. The van der Waals surface area contributed by atoms with Crippen LogP contribution in [-0.2, 0) is 0 Å². The third-order valence-corrected chi connectivity index (χ3v) is 2.79. The molecule has 88 valence electrons. The first-order chi connectivity index (χ1) is 7.86. The first-order valence-corrected chi connectivity index (χ1v) is 5.76. The van der Waals surface area contributed by atoms with Crippen molar-refractivity contribution >= 4 is 5.69 Å². The van der Waals surface area contributed by atoms with Gasteiger partial charge in [-0.2, -0.15) is 0 Å². The molecular weight excluding hydrogens is 202 g/mol. The summed E-state index contributed by atoms with van der Waals surface area (Å²) in [6.45, 7) is 6.03. The number of anilines is 1. The Morgan fingerprint density at radius 3 is 2.75 bits per heavy atom. The van der Waals surface area contributed by atoms with Crippen LogP contribution in [0.25, 0.3) is 0 Å². The summed E-state index contributed by atoms with van der Waals surface area (Å²) in [5.41, 5.74) is 6.50. The molecule has 4 heteroatoms. The zero-order chi connectivity index (χ0) is 11.2. The number of hydrogen-bond acceptors (Lipinski definition) is 4. The molecule has 0 saturated carbocycles. The second kappa shape index (κ2) is 5.72. The van der Waals surface area contributed by atoms with Gasteiger partial charge in [0.2, 0.25) is 0 Å². The lowest BCUT2D eigenvalue weighted by molar-refractivity contribution is 0.192. The molecule has 0 aromatic heterocycles. The van der Waals surface area contributed by atoms with Crippen molar-refractivity contribution in [1.82, 2.24) is 10.2 Å². The molecule has 1 saturated heterocycles. The summed E-state index contributed by atoms with van der Waals surface area (Å²) < 4.78 is 5.65. The van der Waals surface area contributed by atoms with Crippen LogP contribution < -0.4 is 15.8 Å². The van der Waals surface area contributed by atoms with Gasteiger partial charge in [0.05, 0.1) is 5.69 Å². The highest BCUT2D eigenvalue weighted by Crippen LogP contribution is 2.19. The van der Waals surface area contributed by atoms with Crippen LogP contribution in [0.4, 0.5) is 5.69 Å². The molecule has 1 aromatic carbocycles. The maximum Gasteiger partial charge on any atom is 0.142 e. The third-order valence-electron chi connectivity index (χ3n) is 2.79. The fourth-order valence-corrected chi connectivity index (χ4v) is 1.83. The number of para-hydroxylation sites is 2. The maximum atomic E-state index is 5.79. The summed E-state index contributed by atoms with van der Waals surface area (Å²) in [5, 5.41) is 3.33. The van der Waals surface area contributed by atoms with Crippen LogP contribution in [0.5, 0.6) is 5.75 Å². The molecule has 0 atom stereocenters. The molecule has 0 amide bonds. The number of piperazine rings is 1. The van der Waals surface area contributed by atoms with Gasteiger partial charge in [-0.05, 0) is 12.1 Å². The van der Waals surface area contributed by atoms with Gasteiger partial charge >= 0.3 is 0 Å². The molecule has 0 radical (unpaired) electrons. The first-order valence-electron chi connectivity index (χ1n) is 5.76. The highest BCUT2D eigenvalue weighted by molar-refractivity contribution is 5.51. The molecule has 1 aliphatic rings. The lowest BCUT2D eigenvalue weighted by atomic mass is 10.3. The Morgan fingerprint density at radius 1 is 1.25 bits per heavy atom. The van der Waals surface area contributed by atoms with Crippen LogP contribution in [-0.4, -0.2) is 44.2 Å². The molecule has 2 rings (SSSR count). The number of nitrogens with two attached hydrogens (primary N) is 1. The van der Waals surface area contributed by atoms with Crippen molar-refractivity contribution in [3.63, 3.8) is 0 Å². The molecule has 0 spiro atoms. The van der Waals surface area contributed by atoms with Crippen LogP contribution in [0.2, 0.25) is 0 Å². The van der Waals surface area contributed by atoms with Gasteiger partial charge in [0.1, 0.15) is 12.4 Å². The fourth-order valence-electron chi connectivity index (χ4n) is 1.83. The van der Waals surface area contributed by atoms with E-state index in [1.807, 2.05) is 24.3 Å². The smallest absolute Gasteiger partial charge is 0.142 e. The molecule has 1 heterocycles. The molecule has 0 bridgehead atoms. The van der Waals surface area contributed by atoms with Crippen LogP contribution in [0.3, 0.4) is 0 Å². The van der Waals surface area contributed by atoms with Gasteiger partial charge < -0.3 is 15.8 Å². The van der Waals surface area contributed by atoms with Gasteiger partial charge in [-0.1, -0.05) is 12.1 Å². The molecule has 0 unspecified atom stereocenters. The molecule has 4 nitrogen and oxygen atoms in total. The van der Waals surface area contributed by atoms with Gasteiger partial charge in [-0.15, -0.1) is 0 Å². The topological polar surface area (TPSA) is 50.5 Å². The molecule has 1 fully saturated rings. The van der Waals surface area contributed by atoms with Crippen molar-refractivity contribution in [1.29, 1.82) is 0 Å². The van der Waals surface area contributed by atoms with Crippen molar-refractivity contribution < 1.29 is 4.74 Å². The second-order valence-corrected chi connectivity index (χ2v) is 3.98. The number of nitrogens with one attached hydrogen (secondary N) is 1. The minimum absolute atomic E-state index is 0.703. The van der Waals surface area contributed by atoms with Crippen LogP contribution in [0, 0.1) is 0 Å². The molecule has 1 aliphatic heterocycles. The summed E-state index contributed by atoms with van der Waals surface area (Å²) in [4.78, 5) is 2.40. The van der Waals surface area contributed by atoms with E-state index in [4.69, 9.17) is 10.5 Å². The Morgan fingerprint density at radius 2 is 2.00 bits per heavy atom. The third kappa shape index (κ3) is 3.12. The van der Waals surface area contributed by atoms with E-state index in [1.165, 1.54) is 0 Å². The van der Waals surface area contributed by atoms with Gasteiger partial charge in [-0.3, -0.25) is 4.90 Å². The van der Waals surface area contributed by atoms with E-state index in [1.54, 1.807) is 0 Å². The Labute approximate surface area is 96.4 Å². The zero-order valence-corrected chi connectivity index (χ0v) is 9.48. The highest BCUT2D eigenvalue weighted by atomic mass is 16.5. The number of nitrogen functional groups attached to an aromatic ring is 1. The van der Waals surface area contributed by atoms with E-state index in [2.05, 4.69) is 10.2 Å². The van der Waals surface area contributed by atoms with Crippen molar-refractivity contribution in [2.24, 2.45) is 0 Å². The minimum Gasteiger partial charge on any atom is -0.490 e. The van der Waals surface area contributed by atoms with Gasteiger partial charge in [-0.25, -0.2) is 0 Å². The lowest BCUT2D eigenvalue weighted by Gasteiger charge is -2.27. The Kier molecular flexibility index (Phi) is 4.02. The lowest BCUT2D eigenvalue weighted by Crippen LogP contribution is -2.44. The normalized spacial score (nSPS) is 17.2. The van der Waals surface area contributed by atoms with Crippen LogP contribution in [0.15, 0.2) is 24.3 Å². The zero-order valence-electron chi connectivity index (χ0n) is 9.48. The number of hydrogen-bond donors (Lipinski definition) is 2. The van der Waals surface area contributed by atoms with Crippen LogP contribution >= 0.6 is 0 Å². The second-order valence-electron chi connectivity index (χ2n) is 3.98. The number of benzene rings is 1. The van der Waals surface area contributed by atoms with Crippen LogP contribution in [0.1, 0.15) is 0 Å². The van der Waals surface area contributed by atoms with Crippen molar-refractivity contribution in [2.75, 3.05) is 45.1 Å². The summed E-state index contributed by atoms with van der Waals surface area (Å²) in [5.74, 6) is 0.789. The van der Waals surface area contributed by atoms with E-state index in [-0.39, 0.29) is 0 Å². The molecule has 16 heavy (non-hydrogen) atoms. The van der Waals surface area contributed by atoms with Gasteiger partial charge in [0.25, 0.3) is 0 Å². The molecular formula is C12H19N3O. The Hall–Kier alpha value is -1.26. The quantitative estimate of drug-likeness (QED) is 0.729. The van der Waals surface area contributed by atoms with Crippen molar-refractivity contribution in [3.8, 4) is 5.75 Å². The average Bonchev–Trinajstić information content (AvgIpc) is 2.33. The van der Waals surface area contributed by atoms with E-state index < -0.39 is 0 Å². The fraction of sp³-hybridized carbons (Fsp3) is 0.500. The summed E-state index contributed by atoms with van der Waals surface area (Å²) in [7, 11) is 0. The SMILES string of the molecule is Nc1ccccc1OCCN1CCNCC1. The number of nitrogens with zero attached hydrogens (tertiary/aromatic N) is 1. The Bertz CT molecular complexity index is 324. The largest absolute Gasteiger partial charge is 0.490 e. The highest BCUT2D eigenvalue weighted by Gasteiger charge is 2.09. The molecule has 0 aliphatic carbocycles. The summed E-state index contributed by atoms with van der Waals surface area (Å²) in [6, 6.07) is 7.63. The molecule has 3 N–H and O–H groups in total. The standard InChI is InChI=1S/C12H19N3O/c13-11-3-1-2-4-12(11)16-10-9-15-7-5-14-6-8-15/h1-4,14H,5-10,13H2. The average molecular weight is 221 g/mol. The van der Waals surface area contributed by atoms with Crippen molar-refractivity contribution in [3.05, 3.63) is 24.3 Å². The Balaban J connectivity index is 1.73. The van der Waals surface area contributed by atoms with E-state index >= 15 is 0 Å². The van der Waals surface area contributed by atoms with Gasteiger partial charge in [0.15, 0.2) is 0 Å². The predicted molar refractivity (Wildman–Crippen MR) is 65.7 cm³/mol. The minimum atomic E-state index is 0.703. The maximum absolute atomic E-state index is 5.79. The van der Waals surface area contributed by atoms with E-state index in [0.29, 0.717) is 12.3 Å². The molecule has 1 aromatic rings. The summed E-state index contributed by atoms with van der Waals surface area (Å²) in [6.07, 6.45) is 0.